The number of piperidine rings is 1. The maximum atomic E-state index is 12.8. The lowest BCUT2D eigenvalue weighted by atomic mass is 10.0. The largest absolute Gasteiger partial charge is 0.353 e. The normalized spacial score (nSPS) is 15.3. The average molecular weight is 423 g/mol. The number of hydrogen-bond acceptors (Lipinski definition) is 3. The monoisotopic (exact) mass is 422 g/mol. The summed E-state index contributed by atoms with van der Waals surface area (Å²) in [5.74, 6) is 0.0489. The second kappa shape index (κ2) is 9.45. The maximum absolute atomic E-state index is 12.8. The topological polar surface area (TPSA) is 50.2 Å². The van der Waals surface area contributed by atoms with E-state index in [1.165, 1.54) is 0 Å². The highest BCUT2D eigenvalue weighted by molar-refractivity contribution is 6.30. The van der Waals surface area contributed by atoms with E-state index in [-0.39, 0.29) is 11.9 Å². The molecule has 0 saturated carbocycles. The number of hydrogen-bond donors (Lipinski definition) is 1. The molecule has 1 saturated heterocycles. The number of aromatic nitrogens is 2. The lowest BCUT2D eigenvalue weighted by Gasteiger charge is -2.31. The molecule has 1 aromatic heterocycles. The first-order valence-electron chi connectivity index (χ1n) is 10.5. The smallest absolute Gasteiger partial charge is 0.224 e. The molecule has 0 atom stereocenters. The average Bonchev–Trinajstić information content (AvgIpc) is 3.19. The molecule has 4 rings (SSSR count). The molecule has 156 valence electrons. The summed E-state index contributed by atoms with van der Waals surface area (Å²) in [4.78, 5) is 15.3. The second-order valence-corrected chi connectivity index (χ2v) is 8.18. The van der Waals surface area contributed by atoms with Crippen LogP contribution in [0.1, 0.15) is 25.3 Å². The predicted molar refractivity (Wildman–Crippen MR) is 121 cm³/mol. The van der Waals surface area contributed by atoms with Gasteiger partial charge in [0.2, 0.25) is 5.91 Å². The minimum atomic E-state index is 0.0489. The molecule has 0 spiro atoms. The van der Waals surface area contributed by atoms with Gasteiger partial charge in [0.1, 0.15) is 0 Å². The number of nitrogens with zero attached hydrogens (tertiary/aromatic N) is 3. The van der Waals surface area contributed by atoms with Crippen molar-refractivity contribution in [3.63, 3.8) is 0 Å². The molecule has 2 aromatic carbocycles. The fourth-order valence-electron chi connectivity index (χ4n) is 3.95. The number of rotatable bonds is 6. The summed E-state index contributed by atoms with van der Waals surface area (Å²) >= 11 is 6.06. The van der Waals surface area contributed by atoms with Crippen LogP contribution in [0.5, 0.6) is 0 Å². The molecule has 3 aromatic rings. The van der Waals surface area contributed by atoms with E-state index in [0.717, 1.165) is 55.0 Å². The number of halogens is 1. The van der Waals surface area contributed by atoms with Crippen molar-refractivity contribution in [3.8, 4) is 16.9 Å². The van der Waals surface area contributed by atoms with Crippen molar-refractivity contribution in [2.75, 3.05) is 19.6 Å². The Morgan fingerprint density at radius 3 is 2.47 bits per heavy atom. The van der Waals surface area contributed by atoms with Gasteiger partial charge in [-0.25, -0.2) is 4.68 Å². The number of benzene rings is 2. The molecule has 0 radical (unpaired) electrons. The standard InChI is InChI=1S/C24H27ClN4O/c1-2-28-14-12-21(13-15-28)26-23(30)16-19-17-29(22-6-4-3-5-7-22)27-24(19)18-8-10-20(25)11-9-18/h3-11,17,21H,2,12-16H2,1H3,(H,26,30). The van der Waals surface area contributed by atoms with E-state index in [0.29, 0.717) is 11.4 Å². The third-order valence-electron chi connectivity index (χ3n) is 5.68. The summed E-state index contributed by atoms with van der Waals surface area (Å²) in [6, 6.07) is 17.8. The molecule has 1 aliphatic heterocycles. The lowest BCUT2D eigenvalue weighted by Crippen LogP contribution is -2.44. The van der Waals surface area contributed by atoms with Crippen molar-refractivity contribution in [2.45, 2.75) is 32.2 Å². The molecule has 30 heavy (non-hydrogen) atoms. The summed E-state index contributed by atoms with van der Waals surface area (Å²) in [5.41, 5.74) is 3.63. The van der Waals surface area contributed by atoms with Crippen LogP contribution in [-0.2, 0) is 11.2 Å². The van der Waals surface area contributed by atoms with Crippen molar-refractivity contribution < 1.29 is 4.79 Å². The fraction of sp³-hybridized carbons (Fsp3) is 0.333. The fourth-order valence-corrected chi connectivity index (χ4v) is 4.07. The van der Waals surface area contributed by atoms with Gasteiger partial charge in [0, 0.05) is 41.5 Å². The summed E-state index contributed by atoms with van der Waals surface area (Å²) in [6.45, 7) is 5.35. The first-order chi connectivity index (χ1) is 14.6. The number of likely N-dealkylation sites (tertiary alicyclic amines) is 1. The molecule has 0 bridgehead atoms. The Hall–Kier alpha value is -2.63. The van der Waals surface area contributed by atoms with Gasteiger partial charge in [-0.05, 0) is 43.7 Å². The minimum Gasteiger partial charge on any atom is -0.353 e. The highest BCUT2D eigenvalue weighted by atomic mass is 35.5. The highest BCUT2D eigenvalue weighted by Crippen LogP contribution is 2.26. The number of nitrogens with one attached hydrogen (secondary N) is 1. The zero-order valence-corrected chi connectivity index (χ0v) is 18.0. The zero-order chi connectivity index (χ0) is 20.9. The van der Waals surface area contributed by atoms with Gasteiger partial charge in [-0.15, -0.1) is 0 Å². The Bertz CT molecular complexity index is 976. The Morgan fingerprint density at radius 1 is 1.10 bits per heavy atom. The number of carbonyl (C=O) groups excluding carboxylic acids is 1. The summed E-state index contributed by atoms with van der Waals surface area (Å²) < 4.78 is 1.84. The quantitative estimate of drug-likeness (QED) is 0.643. The van der Waals surface area contributed by atoms with Gasteiger partial charge in [0.25, 0.3) is 0 Å². The van der Waals surface area contributed by atoms with Crippen LogP contribution >= 0.6 is 11.6 Å². The Morgan fingerprint density at radius 2 is 1.80 bits per heavy atom. The minimum absolute atomic E-state index is 0.0489. The van der Waals surface area contributed by atoms with E-state index < -0.39 is 0 Å². The zero-order valence-electron chi connectivity index (χ0n) is 17.2. The Labute approximate surface area is 182 Å². The molecular formula is C24H27ClN4O. The second-order valence-electron chi connectivity index (χ2n) is 7.74. The van der Waals surface area contributed by atoms with Crippen molar-refractivity contribution >= 4 is 17.5 Å². The van der Waals surface area contributed by atoms with Crippen LogP contribution in [0, 0.1) is 0 Å². The lowest BCUT2D eigenvalue weighted by molar-refractivity contribution is -0.121. The Kier molecular flexibility index (Phi) is 6.50. The Balaban J connectivity index is 1.54. The summed E-state index contributed by atoms with van der Waals surface area (Å²) in [6.07, 6.45) is 4.27. The molecule has 1 fully saturated rings. The number of para-hydroxylation sites is 1. The van der Waals surface area contributed by atoms with E-state index in [1.807, 2.05) is 65.5 Å². The number of carbonyl (C=O) groups is 1. The van der Waals surface area contributed by atoms with Crippen LogP contribution in [0.25, 0.3) is 16.9 Å². The van der Waals surface area contributed by atoms with E-state index in [2.05, 4.69) is 17.1 Å². The molecule has 1 aliphatic rings. The van der Waals surface area contributed by atoms with Gasteiger partial charge in [0.15, 0.2) is 0 Å². The van der Waals surface area contributed by atoms with Gasteiger partial charge in [-0.3, -0.25) is 4.79 Å². The van der Waals surface area contributed by atoms with Crippen molar-refractivity contribution in [1.29, 1.82) is 0 Å². The van der Waals surface area contributed by atoms with E-state index in [1.54, 1.807) is 0 Å². The van der Waals surface area contributed by atoms with Gasteiger partial charge in [0.05, 0.1) is 17.8 Å². The number of amides is 1. The summed E-state index contributed by atoms with van der Waals surface area (Å²) in [5, 5.41) is 8.69. The first kappa shape index (κ1) is 20.6. The molecule has 6 heteroatoms. The van der Waals surface area contributed by atoms with Crippen LogP contribution in [0.3, 0.4) is 0 Å². The molecule has 1 N–H and O–H groups in total. The third-order valence-corrected chi connectivity index (χ3v) is 5.93. The van der Waals surface area contributed by atoms with Crippen LogP contribution in [0.15, 0.2) is 60.8 Å². The van der Waals surface area contributed by atoms with Crippen LogP contribution in [0.2, 0.25) is 5.02 Å². The molecule has 2 heterocycles. The predicted octanol–water partition coefficient (Wildman–Crippen LogP) is 4.34. The van der Waals surface area contributed by atoms with Gasteiger partial charge < -0.3 is 10.2 Å². The SMILES string of the molecule is CCN1CCC(NC(=O)Cc2cn(-c3ccccc3)nc2-c2ccc(Cl)cc2)CC1. The molecular weight excluding hydrogens is 396 g/mol. The third kappa shape index (κ3) is 4.91. The van der Waals surface area contributed by atoms with Crippen molar-refractivity contribution in [3.05, 3.63) is 71.4 Å². The highest BCUT2D eigenvalue weighted by Gasteiger charge is 2.21. The molecule has 0 aliphatic carbocycles. The van der Waals surface area contributed by atoms with Crippen LogP contribution in [-0.4, -0.2) is 46.3 Å². The molecule has 0 unspecified atom stereocenters. The van der Waals surface area contributed by atoms with E-state index in [4.69, 9.17) is 16.7 Å². The molecule has 5 nitrogen and oxygen atoms in total. The van der Waals surface area contributed by atoms with Crippen LogP contribution < -0.4 is 5.32 Å². The van der Waals surface area contributed by atoms with Crippen molar-refractivity contribution in [1.82, 2.24) is 20.0 Å². The first-order valence-corrected chi connectivity index (χ1v) is 10.9. The van der Waals surface area contributed by atoms with Gasteiger partial charge >= 0.3 is 0 Å². The van der Waals surface area contributed by atoms with E-state index in [9.17, 15) is 4.79 Å². The van der Waals surface area contributed by atoms with Gasteiger partial charge in [-0.1, -0.05) is 48.9 Å². The van der Waals surface area contributed by atoms with E-state index >= 15 is 0 Å². The molecule has 1 amide bonds. The summed E-state index contributed by atoms with van der Waals surface area (Å²) in [7, 11) is 0. The maximum Gasteiger partial charge on any atom is 0.224 e. The van der Waals surface area contributed by atoms with Gasteiger partial charge in [-0.2, -0.15) is 5.10 Å². The van der Waals surface area contributed by atoms with Crippen LogP contribution in [0.4, 0.5) is 0 Å². The van der Waals surface area contributed by atoms with Crippen molar-refractivity contribution in [2.24, 2.45) is 0 Å².